The fraction of sp³-hybridized carbons (Fsp3) is 0.643. The number of amides is 1. The molecule has 0 bridgehead atoms. The SMILES string of the molecule is CCCn1cc(Cl)cc1C(=O)NCC[C@H]1CCCN1. The van der Waals surface area contributed by atoms with Crippen molar-refractivity contribution in [2.75, 3.05) is 13.1 Å². The Morgan fingerprint density at radius 1 is 1.63 bits per heavy atom. The van der Waals surface area contributed by atoms with Gasteiger partial charge in [0.25, 0.3) is 5.91 Å². The number of hydrogen-bond acceptors (Lipinski definition) is 2. The van der Waals surface area contributed by atoms with Gasteiger partial charge in [0, 0.05) is 25.3 Å². The molecule has 0 saturated carbocycles. The van der Waals surface area contributed by atoms with E-state index in [0.29, 0.717) is 23.3 Å². The first-order valence-corrected chi connectivity index (χ1v) is 7.45. The first kappa shape index (κ1) is 14.4. The van der Waals surface area contributed by atoms with Gasteiger partial charge in [-0.15, -0.1) is 0 Å². The molecule has 0 spiro atoms. The normalized spacial score (nSPS) is 18.7. The van der Waals surface area contributed by atoms with E-state index in [1.165, 1.54) is 12.8 Å². The molecule has 1 aromatic heterocycles. The third kappa shape index (κ3) is 3.98. The molecule has 1 saturated heterocycles. The highest BCUT2D eigenvalue weighted by molar-refractivity contribution is 6.31. The van der Waals surface area contributed by atoms with E-state index in [4.69, 9.17) is 11.6 Å². The second-order valence-corrected chi connectivity index (χ2v) is 5.51. The topological polar surface area (TPSA) is 46.1 Å². The number of nitrogens with one attached hydrogen (secondary N) is 2. The Hall–Kier alpha value is -1.00. The van der Waals surface area contributed by atoms with Crippen LogP contribution in [0.3, 0.4) is 0 Å². The van der Waals surface area contributed by atoms with Gasteiger partial charge in [-0.1, -0.05) is 18.5 Å². The molecule has 1 atom stereocenters. The lowest BCUT2D eigenvalue weighted by Crippen LogP contribution is -2.31. The van der Waals surface area contributed by atoms with Crippen molar-refractivity contribution >= 4 is 17.5 Å². The third-order valence-corrected chi connectivity index (χ3v) is 3.71. The van der Waals surface area contributed by atoms with Crippen LogP contribution < -0.4 is 10.6 Å². The van der Waals surface area contributed by atoms with Gasteiger partial charge in [0.15, 0.2) is 0 Å². The van der Waals surface area contributed by atoms with Gasteiger partial charge in [0.05, 0.1) is 5.02 Å². The van der Waals surface area contributed by atoms with Crippen molar-refractivity contribution in [1.29, 1.82) is 0 Å². The fourth-order valence-corrected chi connectivity index (χ4v) is 2.77. The standard InChI is InChI=1S/C14H22ClN3O/c1-2-8-18-10-11(15)9-13(18)14(19)17-7-5-12-4-3-6-16-12/h9-10,12,16H,2-8H2,1H3,(H,17,19)/t12-/m1/s1. The molecular formula is C14H22ClN3O. The summed E-state index contributed by atoms with van der Waals surface area (Å²) in [4.78, 5) is 12.1. The summed E-state index contributed by atoms with van der Waals surface area (Å²) < 4.78 is 1.92. The maximum Gasteiger partial charge on any atom is 0.267 e. The molecule has 0 aromatic carbocycles. The lowest BCUT2D eigenvalue weighted by Gasteiger charge is -2.12. The van der Waals surface area contributed by atoms with Crippen molar-refractivity contribution in [2.24, 2.45) is 0 Å². The molecule has 0 radical (unpaired) electrons. The smallest absolute Gasteiger partial charge is 0.267 e. The van der Waals surface area contributed by atoms with Crippen LogP contribution in [0.15, 0.2) is 12.3 Å². The van der Waals surface area contributed by atoms with E-state index in [9.17, 15) is 4.79 Å². The molecule has 1 aromatic rings. The minimum Gasteiger partial charge on any atom is -0.351 e. The molecule has 1 aliphatic heterocycles. The summed E-state index contributed by atoms with van der Waals surface area (Å²) in [6.07, 6.45) is 6.26. The Balaban J connectivity index is 1.84. The van der Waals surface area contributed by atoms with Gasteiger partial charge < -0.3 is 15.2 Å². The van der Waals surface area contributed by atoms with Crippen molar-refractivity contribution in [3.8, 4) is 0 Å². The van der Waals surface area contributed by atoms with E-state index in [1.807, 2.05) is 10.8 Å². The number of rotatable bonds is 6. The Labute approximate surface area is 119 Å². The molecule has 0 unspecified atom stereocenters. The van der Waals surface area contributed by atoms with Gasteiger partial charge in [-0.3, -0.25) is 4.79 Å². The lowest BCUT2D eigenvalue weighted by atomic mass is 10.1. The number of aryl methyl sites for hydroxylation is 1. The quantitative estimate of drug-likeness (QED) is 0.842. The van der Waals surface area contributed by atoms with Crippen LogP contribution >= 0.6 is 11.6 Å². The molecule has 2 heterocycles. The van der Waals surface area contributed by atoms with E-state index in [0.717, 1.165) is 25.9 Å². The highest BCUT2D eigenvalue weighted by atomic mass is 35.5. The van der Waals surface area contributed by atoms with E-state index in [1.54, 1.807) is 6.07 Å². The zero-order valence-electron chi connectivity index (χ0n) is 11.4. The molecule has 1 fully saturated rings. The van der Waals surface area contributed by atoms with Gasteiger partial charge in [0.1, 0.15) is 5.69 Å². The first-order chi connectivity index (χ1) is 9.20. The van der Waals surface area contributed by atoms with Crippen LogP contribution in [0.5, 0.6) is 0 Å². The molecule has 1 aliphatic rings. The first-order valence-electron chi connectivity index (χ1n) is 7.08. The van der Waals surface area contributed by atoms with Gasteiger partial charge in [-0.05, 0) is 38.3 Å². The Kier molecular flexibility index (Phi) is 5.28. The number of nitrogens with zero attached hydrogens (tertiary/aromatic N) is 1. The minimum absolute atomic E-state index is 0.0293. The summed E-state index contributed by atoms with van der Waals surface area (Å²) in [5.74, 6) is -0.0293. The number of hydrogen-bond donors (Lipinski definition) is 2. The van der Waals surface area contributed by atoms with Crippen molar-refractivity contribution in [2.45, 2.75) is 45.2 Å². The third-order valence-electron chi connectivity index (χ3n) is 3.50. The summed E-state index contributed by atoms with van der Waals surface area (Å²) >= 11 is 5.97. The highest BCUT2D eigenvalue weighted by Gasteiger charge is 2.15. The average Bonchev–Trinajstić information content (AvgIpc) is 2.99. The van der Waals surface area contributed by atoms with E-state index in [2.05, 4.69) is 17.6 Å². The predicted octanol–water partition coefficient (Wildman–Crippen LogP) is 2.42. The van der Waals surface area contributed by atoms with E-state index >= 15 is 0 Å². The Morgan fingerprint density at radius 2 is 2.47 bits per heavy atom. The average molecular weight is 284 g/mol. The maximum atomic E-state index is 12.1. The summed E-state index contributed by atoms with van der Waals surface area (Å²) in [6, 6.07) is 2.30. The van der Waals surface area contributed by atoms with Crippen LogP contribution in [0.1, 0.15) is 43.1 Å². The minimum atomic E-state index is -0.0293. The number of carbonyl (C=O) groups is 1. The van der Waals surface area contributed by atoms with E-state index < -0.39 is 0 Å². The molecule has 4 nitrogen and oxygen atoms in total. The summed E-state index contributed by atoms with van der Waals surface area (Å²) in [5.41, 5.74) is 0.659. The largest absolute Gasteiger partial charge is 0.351 e. The van der Waals surface area contributed by atoms with Crippen molar-refractivity contribution in [3.05, 3.63) is 23.0 Å². The van der Waals surface area contributed by atoms with Crippen molar-refractivity contribution in [3.63, 3.8) is 0 Å². The molecule has 19 heavy (non-hydrogen) atoms. The molecule has 2 N–H and O–H groups in total. The van der Waals surface area contributed by atoms with Crippen molar-refractivity contribution < 1.29 is 4.79 Å². The Bertz CT molecular complexity index is 424. The molecule has 2 rings (SSSR count). The van der Waals surface area contributed by atoms with Crippen LogP contribution in [0.2, 0.25) is 5.02 Å². The molecule has 1 amide bonds. The van der Waals surface area contributed by atoms with Crippen LogP contribution in [-0.2, 0) is 6.54 Å². The van der Waals surface area contributed by atoms with Gasteiger partial charge >= 0.3 is 0 Å². The summed E-state index contributed by atoms with van der Waals surface area (Å²) in [5, 5.41) is 7.03. The number of halogens is 1. The zero-order valence-corrected chi connectivity index (χ0v) is 12.2. The van der Waals surface area contributed by atoms with Crippen molar-refractivity contribution in [1.82, 2.24) is 15.2 Å². The predicted molar refractivity (Wildman–Crippen MR) is 77.7 cm³/mol. The van der Waals surface area contributed by atoms with E-state index in [-0.39, 0.29) is 5.91 Å². The van der Waals surface area contributed by atoms with Gasteiger partial charge in [0.2, 0.25) is 0 Å². The van der Waals surface area contributed by atoms with Gasteiger partial charge in [-0.25, -0.2) is 0 Å². The molecule has 5 heteroatoms. The van der Waals surface area contributed by atoms with Crippen LogP contribution in [0.4, 0.5) is 0 Å². The lowest BCUT2D eigenvalue weighted by molar-refractivity contribution is 0.0943. The second-order valence-electron chi connectivity index (χ2n) is 5.07. The molecule has 106 valence electrons. The monoisotopic (exact) mass is 283 g/mol. The summed E-state index contributed by atoms with van der Waals surface area (Å²) in [6.45, 7) is 4.72. The van der Waals surface area contributed by atoms with Crippen LogP contribution in [0, 0.1) is 0 Å². The zero-order chi connectivity index (χ0) is 13.7. The summed E-state index contributed by atoms with van der Waals surface area (Å²) in [7, 11) is 0. The van der Waals surface area contributed by atoms with Crippen LogP contribution in [0.25, 0.3) is 0 Å². The van der Waals surface area contributed by atoms with Crippen LogP contribution in [-0.4, -0.2) is 29.6 Å². The fourth-order valence-electron chi connectivity index (χ4n) is 2.54. The molecular weight excluding hydrogens is 262 g/mol. The maximum absolute atomic E-state index is 12.1. The highest BCUT2D eigenvalue weighted by Crippen LogP contribution is 2.15. The van der Waals surface area contributed by atoms with Gasteiger partial charge in [-0.2, -0.15) is 0 Å². The Morgan fingerprint density at radius 3 is 3.16 bits per heavy atom. The second kappa shape index (κ2) is 6.96. The number of carbonyl (C=O) groups excluding carboxylic acids is 1. The molecule has 0 aliphatic carbocycles. The number of aromatic nitrogens is 1.